The molecule has 7 aromatic rings. The van der Waals surface area contributed by atoms with Crippen LogP contribution in [0, 0.1) is 17.2 Å². The number of carboxylic acids is 1. The van der Waals surface area contributed by atoms with Crippen molar-refractivity contribution in [1.82, 2.24) is 82.3 Å². The van der Waals surface area contributed by atoms with Crippen molar-refractivity contribution in [3.05, 3.63) is 155 Å². The molecule has 104 heavy (non-hydrogen) atoms. The Hall–Kier alpha value is -11.1. The largest absolute Gasteiger partial charge is 0.508 e. The minimum atomic E-state index is -1.41. The molecule has 4 aromatic carbocycles. The van der Waals surface area contributed by atoms with E-state index in [1.807, 2.05) is 22.8 Å². The van der Waals surface area contributed by atoms with Crippen molar-refractivity contribution in [2.24, 2.45) is 29.0 Å². The number of halogens is 1. The first kappa shape index (κ1) is 80.2. The van der Waals surface area contributed by atoms with Crippen molar-refractivity contribution in [3.63, 3.8) is 0 Å². The van der Waals surface area contributed by atoms with Gasteiger partial charge in [-0.1, -0.05) is 144 Å². The van der Waals surface area contributed by atoms with Crippen LogP contribution in [0.15, 0.2) is 116 Å². The van der Waals surface area contributed by atoms with Gasteiger partial charge in [0.1, 0.15) is 53.9 Å². The Morgan fingerprint density at radius 3 is 1.90 bits per heavy atom. The summed E-state index contributed by atoms with van der Waals surface area (Å²) in [6, 6.07) is 20.5. The van der Waals surface area contributed by atoms with Crippen molar-refractivity contribution in [1.29, 1.82) is 5.41 Å². The number of unbranched alkanes of at least 4 members (excludes halogenated alkanes) is 1. The zero-order valence-electron chi connectivity index (χ0n) is 58.6. The molecule has 8 rings (SSSR count). The lowest BCUT2D eigenvalue weighted by Crippen LogP contribution is -2.62. The van der Waals surface area contributed by atoms with Crippen molar-refractivity contribution >= 4 is 70.8 Å². The fourth-order valence-electron chi connectivity index (χ4n) is 11.8. The van der Waals surface area contributed by atoms with E-state index in [1.54, 1.807) is 58.0 Å². The molecular formula is C71H93ClN20O12. The number of carbonyl (C=O) groups excluding carboxylic acids is 8. The molecule has 32 nitrogen and oxygen atoms in total. The van der Waals surface area contributed by atoms with Crippen LogP contribution in [0.2, 0.25) is 5.15 Å². The third-order valence-corrected chi connectivity index (χ3v) is 17.7. The normalized spacial score (nSPS) is 14.6. The Morgan fingerprint density at radius 1 is 0.712 bits per heavy atom. The summed E-state index contributed by atoms with van der Waals surface area (Å²) in [4.78, 5) is 135. The summed E-state index contributed by atoms with van der Waals surface area (Å²) in [6.45, 7) is 9.45. The number of aryl methyl sites for hydroxylation is 1. The first-order valence-corrected chi connectivity index (χ1v) is 34.7. The van der Waals surface area contributed by atoms with Crippen LogP contribution < -0.4 is 54.4 Å². The first-order valence-electron chi connectivity index (χ1n) is 34.3. The van der Waals surface area contributed by atoms with E-state index >= 15 is 0 Å². The SMILES string of the molecule is CC(C)[C@H](NC(=O)[C@H](CCCNC(=N)N)NC(=O)[C@@H](N)CC(N)=O)C(=O)N[C@@H](Cc1ccc(O)cc1)C(=O)N[C@H](C(=O)N[C@@H](Cc1cnc[nH]1)C(=O)N1CCC[C@H]1C(=O)N[C@@H](Cc1ccccc1)C(=O)O)C(C)C.CCCCc1nc(Cl)c(CO)n1Cc1ccc(-c2ccccc2-c2nnn[nH]2)cc1. The number of aliphatic carboxylic acids is 1. The smallest absolute Gasteiger partial charge is 0.326 e. The number of aliphatic hydroxyl groups is 1. The highest BCUT2D eigenvalue weighted by molar-refractivity contribution is 6.30. The van der Waals surface area contributed by atoms with Gasteiger partial charge in [0, 0.05) is 62.8 Å². The molecule has 8 amide bonds. The molecule has 556 valence electrons. The number of imidazole rings is 2. The second-order valence-corrected chi connectivity index (χ2v) is 26.3. The maximum absolute atomic E-state index is 14.5. The highest BCUT2D eigenvalue weighted by atomic mass is 35.5. The monoisotopic (exact) mass is 1450 g/mol. The van der Waals surface area contributed by atoms with E-state index in [9.17, 15) is 58.5 Å². The standard InChI is InChI=1S/C49H70N14O11.C22H23ClN6O/c1-26(2)39(61-42(67)33(12-8-18-55-49(52)53)57-41(66)32(50)23-38(51)65)45(70)58-34(20-29-14-16-31(64)17-15-29)43(68)62-40(27(3)4)46(71)59-35(22-30-24-54-25-56-30)47(72)63-19-9-13-37(63)44(69)60-36(48(73)74)21-28-10-6-5-7-11-28;1-2-3-8-20-24-21(23)19(14-30)29(20)13-15-9-11-16(12-10-15)17-6-4-5-7-18(17)22-25-27-28-26-22/h5-7,10-11,14-17,24-27,32-37,39-40,64H,8-9,12-13,18-23,50H2,1-4H3,(H2,51,65)(H,54,56)(H,57,66)(H,58,70)(H,59,71)(H,60,69)(H,61,67)(H,62,68)(H,73,74)(H4,52,53,55);4-7,9-12,30H,2-3,8,13-14H2,1H3,(H,25,26,27,28)/t32-,33-,34-,35-,36-,37-,39-,40-;/m0./s1. The lowest BCUT2D eigenvalue weighted by atomic mass is 9.98. The maximum atomic E-state index is 14.5. The number of hydrogen-bond acceptors (Lipinski definition) is 18. The highest BCUT2D eigenvalue weighted by Gasteiger charge is 2.41. The third kappa shape index (κ3) is 23.5. The van der Waals surface area contributed by atoms with Gasteiger partial charge >= 0.3 is 5.97 Å². The molecule has 3 aromatic heterocycles. The number of aliphatic hydroxyl groups excluding tert-OH is 1. The number of benzene rings is 4. The third-order valence-electron chi connectivity index (χ3n) is 17.3. The number of rotatable bonds is 36. The molecule has 0 saturated carbocycles. The summed E-state index contributed by atoms with van der Waals surface area (Å²) >= 11 is 6.26. The maximum Gasteiger partial charge on any atom is 0.326 e. The average molecular weight is 1450 g/mol. The molecule has 1 saturated heterocycles. The van der Waals surface area contributed by atoms with Crippen LogP contribution in [0.1, 0.15) is 113 Å². The summed E-state index contributed by atoms with van der Waals surface area (Å²) in [6.07, 6.45) is 5.82. The number of hydrogen-bond donors (Lipinski definition) is 16. The van der Waals surface area contributed by atoms with Crippen molar-refractivity contribution in [2.75, 3.05) is 13.1 Å². The van der Waals surface area contributed by atoms with Crippen LogP contribution in [0.4, 0.5) is 0 Å². The number of amides is 8. The first-order chi connectivity index (χ1) is 49.7. The Labute approximate surface area is 606 Å². The number of carboxylic acid groups (broad SMARTS) is 1. The lowest BCUT2D eigenvalue weighted by molar-refractivity contribution is -0.145. The van der Waals surface area contributed by atoms with E-state index in [0.29, 0.717) is 46.5 Å². The Balaban J connectivity index is 0.000000414. The number of aromatic amines is 2. The van der Waals surface area contributed by atoms with Crippen molar-refractivity contribution in [2.45, 2.75) is 167 Å². The average Bonchev–Trinajstić information content (AvgIpc) is 1.30. The van der Waals surface area contributed by atoms with Gasteiger partial charge in [-0.25, -0.2) is 19.9 Å². The van der Waals surface area contributed by atoms with Gasteiger partial charge in [-0.05, 0) is 94.3 Å². The number of guanidine groups is 1. The Morgan fingerprint density at radius 2 is 1.32 bits per heavy atom. The molecule has 33 heteroatoms. The number of H-pyrrole nitrogens is 2. The number of phenolic OH excluding ortho intramolecular Hbond substituents is 1. The highest BCUT2D eigenvalue weighted by Crippen LogP contribution is 2.31. The zero-order valence-corrected chi connectivity index (χ0v) is 59.4. The summed E-state index contributed by atoms with van der Waals surface area (Å²) in [7, 11) is 0. The van der Waals surface area contributed by atoms with Gasteiger partial charge in [-0.2, -0.15) is 0 Å². The number of carbonyl (C=O) groups is 9. The van der Waals surface area contributed by atoms with Crippen LogP contribution in [0.3, 0.4) is 0 Å². The number of likely N-dealkylation sites (tertiary alicyclic amines) is 1. The van der Waals surface area contributed by atoms with Gasteiger partial charge < -0.3 is 84.2 Å². The number of aromatic hydroxyl groups is 1. The molecule has 19 N–H and O–H groups in total. The van der Waals surface area contributed by atoms with Crippen molar-refractivity contribution < 1.29 is 58.5 Å². The minimum Gasteiger partial charge on any atom is -0.508 e. The fourth-order valence-corrected chi connectivity index (χ4v) is 12.0. The van der Waals surface area contributed by atoms with Gasteiger partial charge in [0.25, 0.3) is 0 Å². The summed E-state index contributed by atoms with van der Waals surface area (Å²) < 4.78 is 2.03. The fraction of sp³-hybridized carbons (Fsp3) is 0.423. The van der Waals surface area contributed by atoms with Gasteiger partial charge in [0.05, 0.1) is 31.1 Å². The predicted molar refractivity (Wildman–Crippen MR) is 385 cm³/mol. The number of primary amides is 1. The second kappa shape index (κ2) is 39.3. The summed E-state index contributed by atoms with van der Waals surface area (Å²) in [5, 5.41) is 70.3. The number of phenols is 1. The van der Waals surface area contributed by atoms with Crippen LogP contribution in [0.5, 0.6) is 5.75 Å². The molecule has 1 aliphatic heterocycles. The molecule has 1 aliphatic rings. The van der Waals surface area contributed by atoms with Crippen LogP contribution in [-0.2, 0) is 82.0 Å². The van der Waals surface area contributed by atoms with Gasteiger partial charge in [0.2, 0.25) is 47.3 Å². The number of nitrogens with two attached hydrogens (primary N) is 3. The molecule has 1 fully saturated rings. The zero-order chi connectivity index (χ0) is 75.6. The van der Waals surface area contributed by atoms with Gasteiger partial charge in [-0.3, -0.25) is 43.8 Å². The van der Waals surface area contributed by atoms with E-state index in [2.05, 4.69) is 110 Å². The molecule has 8 atom stereocenters. The molecule has 0 spiro atoms. The van der Waals surface area contributed by atoms with Gasteiger partial charge in [0.15, 0.2) is 16.9 Å². The van der Waals surface area contributed by atoms with Crippen LogP contribution in [-0.4, -0.2) is 181 Å². The number of nitrogens with one attached hydrogen (secondary N) is 10. The van der Waals surface area contributed by atoms with Crippen LogP contribution in [0.25, 0.3) is 22.5 Å². The van der Waals surface area contributed by atoms with Gasteiger partial charge in [-0.15, -0.1) is 5.10 Å². The van der Waals surface area contributed by atoms with E-state index in [0.717, 1.165) is 47.3 Å². The predicted octanol–water partition coefficient (Wildman–Crippen LogP) is 2.17. The number of tetrazole rings is 1. The van der Waals surface area contributed by atoms with E-state index in [-0.39, 0.29) is 69.9 Å². The van der Waals surface area contributed by atoms with E-state index in [4.69, 9.17) is 34.2 Å². The number of nitrogens with zero attached hydrogens (tertiary/aromatic N) is 7. The van der Waals surface area contributed by atoms with E-state index in [1.165, 1.54) is 41.7 Å². The topological polar surface area (TPSA) is 505 Å². The molecular weight excluding hydrogens is 1360 g/mol. The Kier molecular flexibility index (Phi) is 30.3. The summed E-state index contributed by atoms with van der Waals surface area (Å²) in [5.41, 5.74) is 22.9. The molecule has 0 aliphatic carbocycles. The summed E-state index contributed by atoms with van der Waals surface area (Å²) in [5.74, 6) is -7.63. The second-order valence-electron chi connectivity index (χ2n) is 25.9. The lowest BCUT2D eigenvalue weighted by Gasteiger charge is -2.31. The van der Waals surface area contributed by atoms with Crippen LogP contribution >= 0.6 is 11.6 Å². The minimum absolute atomic E-state index is 0.000167. The molecule has 4 heterocycles. The molecule has 0 radical (unpaired) electrons. The Bertz CT molecular complexity index is 4010. The molecule has 0 unspecified atom stereocenters. The van der Waals surface area contributed by atoms with E-state index < -0.39 is 120 Å². The number of aromatic nitrogens is 8. The van der Waals surface area contributed by atoms with Crippen molar-refractivity contribution in [3.8, 4) is 28.3 Å². The molecule has 0 bridgehead atoms. The quantitative estimate of drug-likeness (QED) is 0.0152.